The van der Waals surface area contributed by atoms with E-state index < -0.39 is 6.09 Å². The Balaban J connectivity index is 2.05. The van der Waals surface area contributed by atoms with Crippen LogP contribution in [0.3, 0.4) is 0 Å². The number of amides is 2. The van der Waals surface area contributed by atoms with Crippen LogP contribution in [0.5, 0.6) is 0 Å². The molecule has 0 spiro atoms. The number of hydrogen-bond donors (Lipinski definition) is 3. The number of rotatable bonds is 4. The predicted molar refractivity (Wildman–Crippen MR) is 49.5 cm³/mol. The first-order valence-corrected chi connectivity index (χ1v) is 4.61. The average molecular weight is 201 g/mol. The average Bonchev–Trinajstić information content (AvgIpc) is 2.64. The van der Waals surface area contributed by atoms with Crippen LogP contribution in [0, 0.1) is 5.92 Å². The lowest BCUT2D eigenvalue weighted by Gasteiger charge is -2.09. The molecule has 0 aliphatic carbocycles. The highest BCUT2D eigenvalue weighted by Gasteiger charge is 2.21. The van der Waals surface area contributed by atoms with Gasteiger partial charge in [0.2, 0.25) is 5.91 Å². The molecule has 2 amide bonds. The summed E-state index contributed by atoms with van der Waals surface area (Å²) in [6.07, 6.45) is 0.0458. The van der Waals surface area contributed by atoms with Crippen LogP contribution in [-0.4, -0.2) is 38.2 Å². The second-order valence-corrected chi connectivity index (χ2v) is 3.15. The number of ether oxygens (including phenoxy) is 1. The van der Waals surface area contributed by atoms with Gasteiger partial charge in [-0.15, -0.1) is 0 Å². The van der Waals surface area contributed by atoms with Crippen LogP contribution in [0.4, 0.5) is 4.79 Å². The largest absolute Gasteiger partial charge is 0.448 e. The molecule has 0 radical (unpaired) electrons. The number of primary amides is 1. The van der Waals surface area contributed by atoms with Crippen molar-refractivity contribution >= 4 is 12.0 Å². The molecule has 6 nitrogen and oxygen atoms in total. The molecule has 0 bridgehead atoms. The van der Waals surface area contributed by atoms with Crippen LogP contribution in [0.25, 0.3) is 0 Å². The fourth-order valence-electron chi connectivity index (χ4n) is 1.35. The zero-order valence-corrected chi connectivity index (χ0v) is 7.91. The Kier molecular flexibility index (Phi) is 4.18. The van der Waals surface area contributed by atoms with Gasteiger partial charge in [-0.05, 0) is 13.0 Å². The van der Waals surface area contributed by atoms with Crippen LogP contribution >= 0.6 is 0 Å². The van der Waals surface area contributed by atoms with Crippen LogP contribution in [0.15, 0.2) is 0 Å². The second kappa shape index (κ2) is 5.43. The molecule has 4 N–H and O–H groups in total. The fraction of sp³-hybridized carbons (Fsp3) is 0.750. The summed E-state index contributed by atoms with van der Waals surface area (Å²) in [7, 11) is 0. The standard InChI is InChI=1S/C8H15N3O3/c9-8(13)14-4-3-11-7(12)6-1-2-10-5-6/h6,10H,1-5H2,(H2,9,13)(H,11,12). The van der Waals surface area contributed by atoms with Gasteiger partial charge < -0.3 is 21.1 Å². The maximum Gasteiger partial charge on any atom is 0.404 e. The van der Waals surface area contributed by atoms with E-state index in [0.717, 1.165) is 19.5 Å². The molecule has 1 rings (SSSR count). The molecule has 1 unspecified atom stereocenters. The van der Waals surface area contributed by atoms with Crippen molar-refractivity contribution in [1.29, 1.82) is 0 Å². The summed E-state index contributed by atoms with van der Waals surface area (Å²) in [6, 6.07) is 0. The highest BCUT2D eigenvalue weighted by Crippen LogP contribution is 2.06. The maximum absolute atomic E-state index is 11.4. The first kappa shape index (κ1) is 10.8. The third-order valence-electron chi connectivity index (χ3n) is 2.08. The minimum Gasteiger partial charge on any atom is -0.448 e. The normalized spacial score (nSPS) is 20.4. The van der Waals surface area contributed by atoms with Crippen molar-refractivity contribution in [3.8, 4) is 0 Å². The maximum atomic E-state index is 11.4. The van der Waals surface area contributed by atoms with Crippen molar-refractivity contribution in [1.82, 2.24) is 10.6 Å². The van der Waals surface area contributed by atoms with Crippen molar-refractivity contribution in [2.24, 2.45) is 11.7 Å². The Morgan fingerprint density at radius 1 is 1.57 bits per heavy atom. The van der Waals surface area contributed by atoms with Crippen LogP contribution in [0.1, 0.15) is 6.42 Å². The van der Waals surface area contributed by atoms with Crippen LogP contribution < -0.4 is 16.4 Å². The Bertz CT molecular complexity index is 214. The number of nitrogens with two attached hydrogens (primary N) is 1. The lowest BCUT2D eigenvalue weighted by Crippen LogP contribution is -2.34. The number of carbonyl (C=O) groups excluding carboxylic acids is 2. The van der Waals surface area contributed by atoms with Crippen molar-refractivity contribution in [3.05, 3.63) is 0 Å². The van der Waals surface area contributed by atoms with Crippen molar-refractivity contribution in [2.45, 2.75) is 6.42 Å². The topological polar surface area (TPSA) is 93.5 Å². The molecule has 1 aliphatic heterocycles. The molecule has 0 aromatic carbocycles. The van der Waals surface area contributed by atoms with E-state index >= 15 is 0 Å². The van der Waals surface area contributed by atoms with E-state index in [9.17, 15) is 9.59 Å². The predicted octanol–water partition coefficient (Wildman–Crippen LogP) is -1.19. The molecule has 0 aromatic heterocycles. The Labute approximate surface area is 82.2 Å². The van der Waals surface area contributed by atoms with Gasteiger partial charge in [0.05, 0.1) is 12.5 Å². The van der Waals surface area contributed by atoms with Crippen molar-refractivity contribution in [2.75, 3.05) is 26.2 Å². The van der Waals surface area contributed by atoms with E-state index in [2.05, 4.69) is 15.4 Å². The molecular formula is C8H15N3O3. The fourth-order valence-corrected chi connectivity index (χ4v) is 1.35. The smallest absolute Gasteiger partial charge is 0.404 e. The first-order valence-electron chi connectivity index (χ1n) is 4.61. The Morgan fingerprint density at radius 2 is 2.36 bits per heavy atom. The van der Waals surface area contributed by atoms with E-state index in [1.54, 1.807) is 0 Å². The van der Waals surface area contributed by atoms with E-state index in [1.807, 2.05) is 0 Å². The van der Waals surface area contributed by atoms with Crippen LogP contribution in [0.2, 0.25) is 0 Å². The molecule has 0 aromatic rings. The zero-order chi connectivity index (χ0) is 10.4. The van der Waals surface area contributed by atoms with Crippen molar-refractivity contribution < 1.29 is 14.3 Å². The first-order chi connectivity index (χ1) is 6.70. The summed E-state index contributed by atoms with van der Waals surface area (Å²) in [4.78, 5) is 21.5. The zero-order valence-electron chi connectivity index (χ0n) is 7.91. The highest BCUT2D eigenvalue weighted by atomic mass is 16.5. The third-order valence-corrected chi connectivity index (χ3v) is 2.08. The monoisotopic (exact) mass is 201 g/mol. The van der Waals surface area contributed by atoms with Gasteiger partial charge in [0, 0.05) is 6.54 Å². The van der Waals surface area contributed by atoms with E-state index in [-0.39, 0.29) is 18.4 Å². The molecule has 14 heavy (non-hydrogen) atoms. The summed E-state index contributed by atoms with van der Waals surface area (Å²) in [5.74, 6) is 0.0478. The van der Waals surface area contributed by atoms with Gasteiger partial charge in [-0.1, -0.05) is 0 Å². The minimum absolute atomic E-state index is 0.00284. The van der Waals surface area contributed by atoms with Gasteiger partial charge in [0.15, 0.2) is 0 Å². The SMILES string of the molecule is NC(=O)OCCNC(=O)C1CCNC1. The van der Waals surface area contributed by atoms with Crippen molar-refractivity contribution in [3.63, 3.8) is 0 Å². The lowest BCUT2D eigenvalue weighted by molar-refractivity contribution is -0.124. The molecule has 1 heterocycles. The summed E-state index contributed by atoms with van der Waals surface area (Å²) in [5.41, 5.74) is 4.75. The third kappa shape index (κ3) is 3.61. The number of nitrogens with one attached hydrogen (secondary N) is 2. The Hall–Kier alpha value is -1.30. The molecule has 1 saturated heterocycles. The summed E-state index contributed by atoms with van der Waals surface area (Å²) in [6.45, 7) is 2.05. The molecule has 1 fully saturated rings. The van der Waals surface area contributed by atoms with E-state index in [4.69, 9.17) is 5.73 Å². The van der Waals surface area contributed by atoms with Crippen LogP contribution in [-0.2, 0) is 9.53 Å². The van der Waals surface area contributed by atoms with E-state index in [1.165, 1.54) is 0 Å². The van der Waals surface area contributed by atoms with Gasteiger partial charge >= 0.3 is 6.09 Å². The van der Waals surface area contributed by atoms with Gasteiger partial charge in [-0.25, -0.2) is 4.79 Å². The van der Waals surface area contributed by atoms with Gasteiger partial charge in [0.1, 0.15) is 6.61 Å². The second-order valence-electron chi connectivity index (χ2n) is 3.15. The van der Waals surface area contributed by atoms with Gasteiger partial charge in [-0.3, -0.25) is 4.79 Å². The quantitative estimate of drug-likeness (QED) is 0.498. The molecule has 6 heteroatoms. The number of hydrogen-bond acceptors (Lipinski definition) is 4. The van der Waals surface area contributed by atoms with Gasteiger partial charge in [0.25, 0.3) is 0 Å². The summed E-state index contributed by atoms with van der Waals surface area (Å²) >= 11 is 0. The highest BCUT2D eigenvalue weighted by molar-refractivity contribution is 5.79. The van der Waals surface area contributed by atoms with Gasteiger partial charge in [-0.2, -0.15) is 0 Å². The molecule has 1 atom stereocenters. The summed E-state index contributed by atoms with van der Waals surface area (Å²) in [5, 5.41) is 5.76. The molecular weight excluding hydrogens is 186 g/mol. The minimum atomic E-state index is -0.818. The summed E-state index contributed by atoms with van der Waals surface area (Å²) < 4.78 is 4.46. The van der Waals surface area contributed by atoms with E-state index in [0.29, 0.717) is 6.54 Å². The molecule has 1 aliphatic rings. The number of carbonyl (C=O) groups is 2. The lowest BCUT2D eigenvalue weighted by atomic mass is 10.1. The molecule has 0 saturated carbocycles. The Morgan fingerprint density at radius 3 is 2.93 bits per heavy atom. The molecule has 80 valence electrons.